The highest BCUT2D eigenvalue weighted by Gasteiger charge is 2.37. The number of rotatable bonds is 16. The summed E-state index contributed by atoms with van der Waals surface area (Å²) in [4.78, 5) is 21.6. The molecule has 2 saturated heterocycles. The van der Waals surface area contributed by atoms with Gasteiger partial charge in [-0.25, -0.2) is 0 Å². The Morgan fingerprint density at radius 2 is 1.29 bits per heavy atom. The van der Waals surface area contributed by atoms with Crippen LogP contribution in [-0.2, 0) is 0 Å². The van der Waals surface area contributed by atoms with Crippen LogP contribution in [0, 0.1) is 11.8 Å². The van der Waals surface area contributed by atoms with Gasteiger partial charge in [-0.15, -0.1) is 0 Å². The van der Waals surface area contributed by atoms with E-state index in [1.807, 2.05) is 43.0 Å². The number of carbonyl (C=O) groups excluding carboxylic acids is 1. The highest BCUT2D eigenvalue weighted by atomic mass is 16.7. The van der Waals surface area contributed by atoms with Crippen molar-refractivity contribution in [3.63, 3.8) is 0 Å². The predicted molar refractivity (Wildman–Crippen MR) is 260 cm³/mol. The summed E-state index contributed by atoms with van der Waals surface area (Å²) in [5.41, 5.74) is 5.58. The highest BCUT2D eigenvalue weighted by Crippen LogP contribution is 2.47. The number of carbonyl (C=O) groups is 1. The van der Waals surface area contributed by atoms with Crippen LogP contribution < -0.4 is 19.5 Å². The second-order valence-corrected chi connectivity index (χ2v) is 19.8. The van der Waals surface area contributed by atoms with Crippen molar-refractivity contribution < 1.29 is 19.0 Å². The van der Waals surface area contributed by atoms with E-state index < -0.39 is 5.79 Å². The van der Waals surface area contributed by atoms with Gasteiger partial charge < -0.3 is 24.4 Å². The minimum absolute atomic E-state index is 0.00488. The van der Waals surface area contributed by atoms with Gasteiger partial charge in [0.05, 0.1) is 7.11 Å². The lowest BCUT2D eigenvalue weighted by atomic mass is 9.89. The van der Waals surface area contributed by atoms with E-state index in [9.17, 15) is 4.79 Å². The summed E-state index contributed by atoms with van der Waals surface area (Å²) in [6, 6.07) is 25.7. The molecule has 0 spiro atoms. The maximum absolute atomic E-state index is 14.2. The fourth-order valence-electron chi connectivity index (χ4n) is 10.8. The van der Waals surface area contributed by atoms with Crippen LogP contribution in [0.25, 0.3) is 12.2 Å². The van der Waals surface area contributed by atoms with Gasteiger partial charge in [-0.3, -0.25) is 14.6 Å². The zero-order chi connectivity index (χ0) is 44.0. The standard InChI is InChI=1S/C33H44N2O4.C22H34N2/c1-24(18-25-12-7-5-8-13-25)21-35(23-28-16-11-17-34(28)22-26-14-9-6-10-15-26)32(36)27-19-29(37-4)31-30(20-27)38-33(2,3)39-31;1-19(15-20-9-4-2-5-10-20)16-23-17-22-13-8-14-24(22)18-21-11-6-3-7-12-21/h5,7-8,12-13,18-20,26,28H,6,9-11,14-17,21-23H2,1-4H3;2,4-5,9-10,15,21-23H,3,6-8,11-14,16-18H2,1H3/b24-18+;19-15+/t28-;22-/m00/s1. The topological polar surface area (TPSA) is 66.5 Å². The molecule has 8 heteroatoms. The Kier molecular flexibility index (Phi) is 17.3. The van der Waals surface area contributed by atoms with E-state index in [0.717, 1.165) is 55.1 Å². The summed E-state index contributed by atoms with van der Waals surface area (Å²) in [5.74, 6) is 2.60. The molecule has 2 saturated carbocycles. The molecule has 0 unspecified atom stereocenters. The molecule has 3 aliphatic heterocycles. The molecule has 8 nitrogen and oxygen atoms in total. The molecule has 0 radical (unpaired) electrons. The molecule has 1 amide bonds. The van der Waals surface area contributed by atoms with Gasteiger partial charge in [-0.2, -0.15) is 0 Å². The Morgan fingerprint density at radius 3 is 1.87 bits per heavy atom. The number of methoxy groups -OCH3 is 1. The second kappa shape index (κ2) is 23.2. The highest BCUT2D eigenvalue weighted by molar-refractivity contribution is 5.96. The Balaban J connectivity index is 0.000000212. The van der Waals surface area contributed by atoms with Crippen molar-refractivity contribution >= 4 is 18.1 Å². The number of nitrogens with one attached hydrogen (secondary N) is 1. The average molecular weight is 859 g/mol. The Morgan fingerprint density at radius 1 is 0.730 bits per heavy atom. The summed E-state index contributed by atoms with van der Waals surface area (Å²) in [6.45, 7) is 16.5. The van der Waals surface area contributed by atoms with Crippen LogP contribution in [0.5, 0.6) is 17.2 Å². The Hall–Kier alpha value is -4.11. The van der Waals surface area contributed by atoms with Gasteiger partial charge in [0.15, 0.2) is 11.5 Å². The normalized spacial score (nSPS) is 22.2. The number of amides is 1. The lowest BCUT2D eigenvalue weighted by Gasteiger charge is -2.34. The minimum atomic E-state index is -0.796. The van der Waals surface area contributed by atoms with Crippen LogP contribution in [-0.4, -0.2) is 97.9 Å². The summed E-state index contributed by atoms with van der Waals surface area (Å²) < 4.78 is 17.6. The van der Waals surface area contributed by atoms with Crippen molar-refractivity contribution in [2.24, 2.45) is 11.8 Å². The molecular weight excluding hydrogens is 781 g/mol. The zero-order valence-electron chi connectivity index (χ0n) is 39.4. The van der Waals surface area contributed by atoms with E-state index in [-0.39, 0.29) is 5.91 Å². The van der Waals surface area contributed by atoms with E-state index in [4.69, 9.17) is 14.2 Å². The zero-order valence-corrected chi connectivity index (χ0v) is 39.4. The third kappa shape index (κ3) is 13.9. The Bertz CT molecular complexity index is 1930. The summed E-state index contributed by atoms with van der Waals surface area (Å²) >= 11 is 0. The van der Waals surface area contributed by atoms with Gasteiger partial charge in [0.2, 0.25) is 11.5 Å². The molecule has 8 rings (SSSR count). The van der Waals surface area contributed by atoms with Crippen LogP contribution in [0.15, 0.2) is 83.9 Å². The maximum atomic E-state index is 14.2. The first-order valence-corrected chi connectivity index (χ1v) is 24.6. The number of fused-ring (bicyclic) bond motifs is 1. The third-order valence-electron chi connectivity index (χ3n) is 14.0. The molecule has 2 atom stereocenters. The van der Waals surface area contributed by atoms with Crippen LogP contribution in [0.4, 0.5) is 0 Å². The van der Waals surface area contributed by atoms with Crippen LogP contribution in [0.1, 0.15) is 139 Å². The van der Waals surface area contributed by atoms with E-state index >= 15 is 0 Å². The Labute approximate surface area is 380 Å². The summed E-state index contributed by atoms with van der Waals surface area (Å²) in [6.07, 6.45) is 23.7. The van der Waals surface area contributed by atoms with Crippen LogP contribution in [0.2, 0.25) is 0 Å². The molecule has 3 aromatic carbocycles. The molecular formula is C55H78N4O4. The van der Waals surface area contributed by atoms with Gasteiger partial charge in [0.1, 0.15) is 0 Å². The number of hydrogen-bond acceptors (Lipinski definition) is 7. The van der Waals surface area contributed by atoms with E-state index in [1.165, 1.54) is 114 Å². The second-order valence-electron chi connectivity index (χ2n) is 19.8. The lowest BCUT2D eigenvalue weighted by molar-refractivity contribution is -0.0439. The van der Waals surface area contributed by atoms with Crippen molar-refractivity contribution in [3.05, 3.63) is 101 Å². The third-order valence-corrected chi connectivity index (χ3v) is 14.0. The number of benzene rings is 3. The largest absolute Gasteiger partial charge is 0.493 e. The molecule has 0 aromatic heterocycles. The molecule has 5 aliphatic rings. The van der Waals surface area contributed by atoms with Crippen LogP contribution >= 0.6 is 0 Å². The first kappa shape index (κ1) is 46.9. The molecule has 3 heterocycles. The molecule has 63 heavy (non-hydrogen) atoms. The monoisotopic (exact) mass is 859 g/mol. The average Bonchev–Trinajstić information content (AvgIpc) is 4.01. The first-order valence-electron chi connectivity index (χ1n) is 24.6. The van der Waals surface area contributed by atoms with E-state index in [0.29, 0.717) is 41.9 Å². The van der Waals surface area contributed by atoms with Gasteiger partial charge in [0.25, 0.3) is 5.91 Å². The van der Waals surface area contributed by atoms with Gasteiger partial charge in [-0.1, -0.05) is 122 Å². The quantitative estimate of drug-likeness (QED) is 0.154. The minimum Gasteiger partial charge on any atom is -0.493 e. The van der Waals surface area contributed by atoms with Gasteiger partial charge in [0, 0.05) is 70.8 Å². The molecule has 342 valence electrons. The predicted octanol–water partition coefficient (Wildman–Crippen LogP) is 11.5. The maximum Gasteiger partial charge on any atom is 0.254 e. The number of ether oxygens (including phenoxy) is 3. The fourth-order valence-corrected chi connectivity index (χ4v) is 10.8. The number of hydrogen-bond donors (Lipinski definition) is 1. The van der Waals surface area contributed by atoms with Gasteiger partial charge in [-0.05, 0) is 113 Å². The van der Waals surface area contributed by atoms with Crippen molar-refractivity contribution in [3.8, 4) is 17.2 Å². The fraction of sp³-hybridized carbons (Fsp3) is 0.582. The van der Waals surface area contributed by atoms with Crippen molar-refractivity contribution in [1.29, 1.82) is 0 Å². The van der Waals surface area contributed by atoms with Gasteiger partial charge >= 0.3 is 0 Å². The SMILES string of the molecule is C/C(=C\c1ccccc1)CNC[C@@H]1CCCN1CC1CCCCC1.COc1cc(C(=O)N(C/C(C)=C/c2ccccc2)C[C@@H]2CCCN2CC2CCCCC2)cc2c1OC(C)(C)O2. The molecule has 0 bridgehead atoms. The molecule has 1 N–H and O–H groups in total. The molecule has 4 fully saturated rings. The number of likely N-dealkylation sites (tertiary alicyclic amines) is 2. The van der Waals surface area contributed by atoms with Crippen LogP contribution in [0.3, 0.4) is 0 Å². The lowest BCUT2D eigenvalue weighted by Crippen LogP contribution is -2.45. The van der Waals surface area contributed by atoms with Crippen molar-refractivity contribution in [1.82, 2.24) is 20.0 Å². The van der Waals surface area contributed by atoms with Crippen molar-refractivity contribution in [2.45, 2.75) is 135 Å². The molecule has 2 aliphatic carbocycles. The smallest absolute Gasteiger partial charge is 0.254 e. The first-order chi connectivity index (χ1) is 30.6. The molecule has 3 aromatic rings. The van der Waals surface area contributed by atoms with E-state index in [1.54, 1.807) is 13.2 Å². The van der Waals surface area contributed by atoms with E-state index in [2.05, 4.69) is 83.6 Å². The summed E-state index contributed by atoms with van der Waals surface area (Å²) in [5, 5.41) is 3.70. The van der Waals surface area contributed by atoms with Crippen molar-refractivity contribution in [2.75, 3.05) is 59.5 Å². The number of nitrogens with zero attached hydrogens (tertiary/aromatic N) is 3. The summed E-state index contributed by atoms with van der Waals surface area (Å²) in [7, 11) is 1.60.